The van der Waals surface area contributed by atoms with Crippen LogP contribution in [-0.2, 0) is 9.59 Å². The van der Waals surface area contributed by atoms with E-state index in [0.717, 1.165) is 0 Å². The third kappa shape index (κ3) is 3.95. The van der Waals surface area contributed by atoms with E-state index >= 15 is 0 Å². The molecule has 0 radical (unpaired) electrons. The molecule has 112 valence electrons. The fraction of sp³-hybridized carbons (Fsp3) is 0.357. The molecule has 1 aliphatic carbocycles. The van der Waals surface area contributed by atoms with Crippen molar-refractivity contribution >= 4 is 29.3 Å². The molecule has 2 unspecified atom stereocenters. The Balaban J connectivity index is 1.97. The molecule has 0 aliphatic heterocycles. The number of nitrogens with one attached hydrogen (secondary N) is 2. The first-order chi connectivity index (χ1) is 9.95. The van der Waals surface area contributed by atoms with Crippen LogP contribution in [0.25, 0.3) is 0 Å². The van der Waals surface area contributed by atoms with Crippen LogP contribution in [0.5, 0.6) is 0 Å². The number of carbonyl (C=O) groups excluding carboxylic acids is 2. The highest BCUT2D eigenvalue weighted by molar-refractivity contribution is 5.94. The summed E-state index contributed by atoms with van der Waals surface area (Å²) in [5, 5.41) is 14.1. The quantitative estimate of drug-likeness (QED) is 0.673. The second kappa shape index (κ2) is 6.25. The number of nitrogens with two attached hydrogens (primary N) is 1. The standard InChI is InChI=1S/C14H17N3O4/c15-14(21)17-11-3-1-2-10(7-11)16-12(18)8-4-5-9(6-8)13(19)20/h1-3,7-9H,4-6H2,(H,16,18)(H,19,20)(H3,15,17,21). The van der Waals surface area contributed by atoms with Crippen molar-refractivity contribution in [3.8, 4) is 0 Å². The van der Waals surface area contributed by atoms with Crippen molar-refractivity contribution in [2.45, 2.75) is 19.3 Å². The molecule has 2 rings (SSSR count). The maximum atomic E-state index is 12.1. The topological polar surface area (TPSA) is 122 Å². The van der Waals surface area contributed by atoms with Gasteiger partial charge in [0.25, 0.3) is 0 Å². The monoisotopic (exact) mass is 291 g/mol. The minimum absolute atomic E-state index is 0.199. The molecule has 3 amide bonds. The Bertz CT molecular complexity index is 573. The van der Waals surface area contributed by atoms with Gasteiger partial charge in [0, 0.05) is 17.3 Å². The average molecular weight is 291 g/mol. The fourth-order valence-electron chi connectivity index (χ4n) is 2.51. The number of hydrogen-bond acceptors (Lipinski definition) is 3. The van der Waals surface area contributed by atoms with Gasteiger partial charge in [0.1, 0.15) is 0 Å². The van der Waals surface area contributed by atoms with Gasteiger partial charge >= 0.3 is 12.0 Å². The Morgan fingerprint density at radius 3 is 2.29 bits per heavy atom. The zero-order valence-corrected chi connectivity index (χ0v) is 11.3. The summed E-state index contributed by atoms with van der Waals surface area (Å²) in [7, 11) is 0. The SMILES string of the molecule is NC(=O)Nc1cccc(NC(=O)C2CCC(C(=O)O)C2)c1. The van der Waals surface area contributed by atoms with Crippen molar-refractivity contribution in [2.75, 3.05) is 10.6 Å². The van der Waals surface area contributed by atoms with Gasteiger partial charge in [0.2, 0.25) is 5.91 Å². The predicted octanol–water partition coefficient (Wildman–Crippen LogP) is 1.62. The Morgan fingerprint density at radius 2 is 1.71 bits per heavy atom. The van der Waals surface area contributed by atoms with Gasteiger partial charge in [-0.3, -0.25) is 9.59 Å². The molecule has 0 spiro atoms. The van der Waals surface area contributed by atoms with E-state index in [2.05, 4.69) is 10.6 Å². The van der Waals surface area contributed by atoms with E-state index in [4.69, 9.17) is 10.8 Å². The molecule has 7 nitrogen and oxygen atoms in total. The Labute approximate surface area is 121 Å². The summed E-state index contributed by atoms with van der Waals surface area (Å²) in [6.45, 7) is 0. The second-order valence-corrected chi connectivity index (χ2v) is 5.10. The Morgan fingerprint density at radius 1 is 1.10 bits per heavy atom. The maximum Gasteiger partial charge on any atom is 0.316 e. The molecule has 1 aromatic carbocycles. The highest BCUT2D eigenvalue weighted by Gasteiger charge is 2.33. The van der Waals surface area contributed by atoms with Crippen molar-refractivity contribution < 1.29 is 19.5 Å². The van der Waals surface area contributed by atoms with Crippen LogP contribution in [0.4, 0.5) is 16.2 Å². The first-order valence-corrected chi connectivity index (χ1v) is 6.66. The molecule has 1 saturated carbocycles. The van der Waals surface area contributed by atoms with Crippen LogP contribution in [0.15, 0.2) is 24.3 Å². The lowest BCUT2D eigenvalue weighted by atomic mass is 10.0. The number of rotatable bonds is 4. The molecule has 2 atom stereocenters. The number of carbonyl (C=O) groups is 3. The van der Waals surface area contributed by atoms with Gasteiger partial charge in [-0.25, -0.2) is 4.79 Å². The molecule has 7 heteroatoms. The van der Waals surface area contributed by atoms with Gasteiger partial charge < -0.3 is 21.5 Å². The van der Waals surface area contributed by atoms with Crippen LogP contribution in [0.1, 0.15) is 19.3 Å². The number of anilines is 2. The first-order valence-electron chi connectivity index (χ1n) is 6.66. The molecule has 0 aromatic heterocycles. The van der Waals surface area contributed by atoms with Crippen molar-refractivity contribution in [1.29, 1.82) is 0 Å². The molecule has 0 saturated heterocycles. The van der Waals surface area contributed by atoms with Crippen molar-refractivity contribution in [3.05, 3.63) is 24.3 Å². The molecule has 1 fully saturated rings. The predicted molar refractivity (Wildman–Crippen MR) is 76.7 cm³/mol. The summed E-state index contributed by atoms with van der Waals surface area (Å²) in [6.07, 6.45) is 1.46. The zero-order chi connectivity index (χ0) is 15.4. The molecule has 1 aliphatic rings. The van der Waals surface area contributed by atoms with Gasteiger partial charge in [-0.15, -0.1) is 0 Å². The van der Waals surface area contributed by atoms with Crippen LogP contribution >= 0.6 is 0 Å². The lowest BCUT2D eigenvalue weighted by Crippen LogP contribution is -2.22. The van der Waals surface area contributed by atoms with Crippen molar-refractivity contribution in [1.82, 2.24) is 0 Å². The zero-order valence-electron chi connectivity index (χ0n) is 11.3. The summed E-state index contributed by atoms with van der Waals surface area (Å²) in [6, 6.07) is 5.92. The summed E-state index contributed by atoms with van der Waals surface area (Å²) in [5.41, 5.74) is 6.04. The largest absolute Gasteiger partial charge is 0.481 e. The van der Waals surface area contributed by atoms with E-state index in [1.807, 2.05) is 0 Å². The van der Waals surface area contributed by atoms with E-state index in [1.165, 1.54) is 0 Å². The van der Waals surface area contributed by atoms with Gasteiger partial charge in [0.15, 0.2) is 0 Å². The first kappa shape index (κ1) is 14.8. The summed E-state index contributed by atoms with van der Waals surface area (Å²) >= 11 is 0. The summed E-state index contributed by atoms with van der Waals surface area (Å²) in [5.74, 6) is -1.78. The molecule has 0 heterocycles. The van der Waals surface area contributed by atoms with E-state index in [1.54, 1.807) is 24.3 Å². The van der Waals surface area contributed by atoms with Crippen LogP contribution in [0, 0.1) is 11.8 Å². The number of amides is 3. The van der Waals surface area contributed by atoms with Gasteiger partial charge in [-0.1, -0.05) is 6.07 Å². The number of carboxylic acids is 1. The van der Waals surface area contributed by atoms with E-state index < -0.39 is 17.9 Å². The Hall–Kier alpha value is -2.57. The third-order valence-corrected chi connectivity index (χ3v) is 3.55. The molecule has 21 heavy (non-hydrogen) atoms. The van der Waals surface area contributed by atoms with Crippen LogP contribution in [0.3, 0.4) is 0 Å². The molecular weight excluding hydrogens is 274 g/mol. The number of primary amides is 1. The van der Waals surface area contributed by atoms with Crippen LogP contribution in [-0.4, -0.2) is 23.0 Å². The Kier molecular flexibility index (Phi) is 4.42. The minimum Gasteiger partial charge on any atom is -0.481 e. The highest BCUT2D eigenvalue weighted by Crippen LogP contribution is 2.32. The van der Waals surface area contributed by atoms with Gasteiger partial charge in [-0.2, -0.15) is 0 Å². The third-order valence-electron chi connectivity index (χ3n) is 3.55. The van der Waals surface area contributed by atoms with Crippen LogP contribution in [0.2, 0.25) is 0 Å². The number of urea groups is 1. The maximum absolute atomic E-state index is 12.1. The molecule has 0 bridgehead atoms. The van der Waals surface area contributed by atoms with Crippen molar-refractivity contribution in [2.24, 2.45) is 17.6 Å². The van der Waals surface area contributed by atoms with Gasteiger partial charge in [-0.05, 0) is 37.5 Å². The van der Waals surface area contributed by atoms with E-state index in [9.17, 15) is 14.4 Å². The summed E-state index contributed by atoms with van der Waals surface area (Å²) in [4.78, 5) is 33.8. The minimum atomic E-state index is -0.849. The smallest absolute Gasteiger partial charge is 0.316 e. The normalized spacial score (nSPS) is 20.8. The molecule has 5 N–H and O–H groups in total. The summed E-state index contributed by atoms with van der Waals surface area (Å²) < 4.78 is 0. The lowest BCUT2D eigenvalue weighted by molar-refractivity contribution is -0.141. The number of hydrogen-bond donors (Lipinski definition) is 4. The van der Waals surface area contributed by atoms with E-state index in [0.29, 0.717) is 30.6 Å². The average Bonchev–Trinajstić information content (AvgIpc) is 2.88. The molecule has 1 aromatic rings. The van der Waals surface area contributed by atoms with Gasteiger partial charge in [0.05, 0.1) is 5.92 Å². The van der Waals surface area contributed by atoms with Crippen LogP contribution < -0.4 is 16.4 Å². The lowest BCUT2D eigenvalue weighted by Gasteiger charge is -2.12. The molecular formula is C14H17N3O4. The highest BCUT2D eigenvalue weighted by atomic mass is 16.4. The number of benzene rings is 1. The fourth-order valence-corrected chi connectivity index (χ4v) is 2.51. The van der Waals surface area contributed by atoms with Crippen molar-refractivity contribution in [3.63, 3.8) is 0 Å². The number of carboxylic acid groups (broad SMARTS) is 1. The second-order valence-electron chi connectivity index (χ2n) is 5.10. The number of aliphatic carboxylic acids is 1. The van der Waals surface area contributed by atoms with E-state index in [-0.39, 0.29) is 11.8 Å².